The Balaban J connectivity index is 1.74. The predicted molar refractivity (Wildman–Crippen MR) is 112 cm³/mol. The molecule has 0 radical (unpaired) electrons. The lowest BCUT2D eigenvalue weighted by Gasteiger charge is -2.15. The standard InChI is InChI=1S/C23H17F4N3O3/c1-2-33-20-8-16(12-29-22(20)32)13-3-4-14(19(24)7-13)9-21(31)30-17-6-5-15(11-28)18(10-17)23(25,26)27/h3-8,10,12,20H,2,9H2,1H3,(H,30,31). The Labute approximate surface area is 186 Å². The lowest BCUT2D eigenvalue weighted by Crippen LogP contribution is -2.23. The van der Waals surface area contributed by atoms with Crippen LogP contribution >= 0.6 is 0 Å². The van der Waals surface area contributed by atoms with Crippen molar-refractivity contribution in [2.75, 3.05) is 11.9 Å². The van der Waals surface area contributed by atoms with Gasteiger partial charge in [0.2, 0.25) is 5.91 Å². The molecule has 0 spiro atoms. The van der Waals surface area contributed by atoms with E-state index in [-0.39, 0.29) is 11.3 Å². The summed E-state index contributed by atoms with van der Waals surface area (Å²) in [6.07, 6.45) is -3.25. The monoisotopic (exact) mass is 459 g/mol. The molecular formula is C23H17F4N3O3. The Morgan fingerprint density at radius 1 is 1.24 bits per heavy atom. The average Bonchev–Trinajstić information content (AvgIpc) is 2.76. The smallest absolute Gasteiger partial charge is 0.364 e. The van der Waals surface area contributed by atoms with E-state index in [1.807, 2.05) is 0 Å². The van der Waals surface area contributed by atoms with E-state index in [2.05, 4.69) is 10.3 Å². The van der Waals surface area contributed by atoms with Gasteiger partial charge in [-0.25, -0.2) is 9.38 Å². The number of dihydropyridines is 1. The molecule has 0 saturated heterocycles. The maximum absolute atomic E-state index is 14.6. The van der Waals surface area contributed by atoms with Gasteiger partial charge >= 0.3 is 6.18 Å². The van der Waals surface area contributed by atoms with Crippen LogP contribution in [0.25, 0.3) is 5.57 Å². The largest absolute Gasteiger partial charge is 0.417 e. The Bertz CT molecular complexity index is 1200. The molecule has 1 unspecified atom stereocenters. The zero-order valence-electron chi connectivity index (χ0n) is 17.2. The number of nitrogens with one attached hydrogen (secondary N) is 1. The molecule has 1 aliphatic rings. The molecular weight excluding hydrogens is 442 g/mol. The van der Waals surface area contributed by atoms with Crippen molar-refractivity contribution in [1.82, 2.24) is 0 Å². The molecule has 0 bridgehead atoms. The van der Waals surface area contributed by atoms with Crippen LogP contribution in [0.5, 0.6) is 0 Å². The SMILES string of the molecule is CCOC1C=C(c2ccc(CC(=O)Nc3ccc(C#N)c(C(F)(F)F)c3)c(F)c2)C=NC1=O. The molecule has 33 heavy (non-hydrogen) atoms. The van der Waals surface area contributed by atoms with Crippen molar-refractivity contribution in [1.29, 1.82) is 5.26 Å². The number of rotatable bonds is 6. The summed E-state index contributed by atoms with van der Waals surface area (Å²) < 4.78 is 59.1. The molecule has 10 heteroatoms. The highest BCUT2D eigenvalue weighted by Crippen LogP contribution is 2.33. The van der Waals surface area contributed by atoms with E-state index in [1.165, 1.54) is 36.6 Å². The van der Waals surface area contributed by atoms with Crippen LogP contribution in [0, 0.1) is 17.1 Å². The number of benzene rings is 2. The molecule has 0 fully saturated rings. The summed E-state index contributed by atoms with van der Waals surface area (Å²) in [5, 5.41) is 11.1. The second-order valence-corrected chi connectivity index (χ2v) is 7.00. The molecule has 2 aromatic rings. The van der Waals surface area contributed by atoms with Crippen molar-refractivity contribution < 1.29 is 31.9 Å². The van der Waals surface area contributed by atoms with Crippen LogP contribution in [-0.4, -0.2) is 30.7 Å². The number of nitriles is 1. The summed E-state index contributed by atoms with van der Waals surface area (Å²) >= 11 is 0. The first-order valence-electron chi connectivity index (χ1n) is 9.73. The van der Waals surface area contributed by atoms with Crippen LogP contribution in [0.15, 0.2) is 47.5 Å². The molecule has 1 heterocycles. The zero-order valence-corrected chi connectivity index (χ0v) is 17.2. The highest BCUT2D eigenvalue weighted by molar-refractivity contribution is 6.17. The van der Waals surface area contributed by atoms with Gasteiger partial charge in [-0.2, -0.15) is 18.4 Å². The molecule has 0 saturated carbocycles. The fourth-order valence-corrected chi connectivity index (χ4v) is 3.16. The maximum atomic E-state index is 14.6. The van der Waals surface area contributed by atoms with E-state index in [0.717, 1.165) is 12.1 Å². The first-order chi connectivity index (χ1) is 15.6. The van der Waals surface area contributed by atoms with Crippen molar-refractivity contribution >= 4 is 29.3 Å². The number of amides is 2. The number of anilines is 1. The number of allylic oxidation sites excluding steroid dienone is 1. The highest BCUT2D eigenvalue weighted by Gasteiger charge is 2.34. The molecule has 1 aliphatic heterocycles. The van der Waals surface area contributed by atoms with Crippen LogP contribution in [0.2, 0.25) is 0 Å². The van der Waals surface area contributed by atoms with E-state index in [9.17, 15) is 27.2 Å². The Kier molecular flexibility index (Phi) is 7.04. The van der Waals surface area contributed by atoms with Crippen LogP contribution in [0.1, 0.15) is 29.2 Å². The third-order valence-corrected chi connectivity index (χ3v) is 4.72. The van der Waals surface area contributed by atoms with E-state index in [0.29, 0.717) is 23.8 Å². The summed E-state index contributed by atoms with van der Waals surface area (Å²) in [6.45, 7) is 2.02. The quantitative estimate of drug-likeness (QED) is 0.653. The van der Waals surface area contributed by atoms with Crippen LogP contribution in [0.3, 0.4) is 0 Å². The van der Waals surface area contributed by atoms with Gasteiger partial charge in [-0.15, -0.1) is 0 Å². The van der Waals surface area contributed by atoms with Gasteiger partial charge < -0.3 is 10.1 Å². The predicted octanol–water partition coefficient (Wildman–Crippen LogP) is 4.30. The maximum Gasteiger partial charge on any atom is 0.417 e. The summed E-state index contributed by atoms with van der Waals surface area (Å²) in [7, 11) is 0. The minimum atomic E-state index is -4.77. The van der Waals surface area contributed by atoms with Gasteiger partial charge in [-0.05, 0) is 54.0 Å². The van der Waals surface area contributed by atoms with Crippen LogP contribution in [-0.2, 0) is 26.9 Å². The van der Waals surface area contributed by atoms with Crippen LogP contribution in [0.4, 0.5) is 23.2 Å². The molecule has 3 rings (SSSR count). The van der Waals surface area contributed by atoms with Crippen LogP contribution < -0.4 is 5.32 Å². The lowest BCUT2D eigenvalue weighted by atomic mass is 10.00. The number of ether oxygens (including phenoxy) is 1. The number of hydrogen-bond donors (Lipinski definition) is 1. The first-order valence-corrected chi connectivity index (χ1v) is 9.73. The third kappa shape index (κ3) is 5.70. The minimum Gasteiger partial charge on any atom is -0.364 e. The van der Waals surface area contributed by atoms with E-state index < -0.39 is 47.5 Å². The number of nitrogens with zero attached hydrogens (tertiary/aromatic N) is 2. The van der Waals surface area contributed by atoms with Gasteiger partial charge in [0.15, 0.2) is 6.10 Å². The summed E-state index contributed by atoms with van der Waals surface area (Å²) in [5.74, 6) is -1.91. The topological polar surface area (TPSA) is 91.5 Å². The molecule has 1 atom stereocenters. The normalized spacial score (nSPS) is 15.7. The van der Waals surface area contributed by atoms with Gasteiger partial charge in [0.25, 0.3) is 5.91 Å². The Hall–Kier alpha value is -3.84. The second kappa shape index (κ2) is 9.75. The summed E-state index contributed by atoms with van der Waals surface area (Å²) in [6, 6.07) is 8.29. The molecule has 0 aromatic heterocycles. The zero-order chi connectivity index (χ0) is 24.2. The second-order valence-electron chi connectivity index (χ2n) is 7.00. The van der Waals surface area contributed by atoms with Crippen molar-refractivity contribution in [2.45, 2.75) is 25.6 Å². The van der Waals surface area contributed by atoms with Gasteiger partial charge in [-0.3, -0.25) is 9.59 Å². The fourth-order valence-electron chi connectivity index (χ4n) is 3.16. The Morgan fingerprint density at radius 2 is 2.00 bits per heavy atom. The number of carbonyl (C=O) groups excluding carboxylic acids is 2. The molecule has 6 nitrogen and oxygen atoms in total. The average molecular weight is 459 g/mol. The van der Waals surface area contributed by atoms with E-state index >= 15 is 0 Å². The minimum absolute atomic E-state index is 0.0201. The molecule has 0 aliphatic carbocycles. The summed E-state index contributed by atoms with van der Waals surface area (Å²) in [4.78, 5) is 27.7. The van der Waals surface area contributed by atoms with Crippen molar-refractivity contribution in [3.8, 4) is 6.07 Å². The molecule has 1 N–H and O–H groups in total. The van der Waals surface area contributed by atoms with Gasteiger partial charge in [0.1, 0.15) is 5.82 Å². The van der Waals surface area contributed by atoms with Gasteiger partial charge in [0, 0.05) is 18.5 Å². The third-order valence-electron chi connectivity index (χ3n) is 4.72. The van der Waals surface area contributed by atoms with Gasteiger partial charge in [0.05, 0.1) is 23.6 Å². The van der Waals surface area contributed by atoms with Gasteiger partial charge in [-0.1, -0.05) is 12.1 Å². The Morgan fingerprint density at radius 3 is 2.64 bits per heavy atom. The van der Waals surface area contributed by atoms with E-state index in [1.54, 1.807) is 6.92 Å². The fraction of sp³-hybridized carbons (Fsp3) is 0.217. The van der Waals surface area contributed by atoms with Crippen molar-refractivity contribution in [3.05, 3.63) is 70.5 Å². The number of carbonyl (C=O) groups is 2. The first kappa shape index (κ1) is 23.8. The lowest BCUT2D eigenvalue weighted by molar-refractivity contribution is -0.137. The summed E-state index contributed by atoms with van der Waals surface area (Å²) in [5.41, 5.74) is -1.01. The molecule has 170 valence electrons. The van der Waals surface area contributed by atoms with Crippen molar-refractivity contribution in [3.63, 3.8) is 0 Å². The van der Waals surface area contributed by atoms with Crippen molar-refractivity contribution in [2.24, 2.45) is 4.99 Å². The number of hydrogen-bond acceptors (Lipinski definition) is 4. The highest BCUT2D eigenvalue weighted by atomic mass is 19.4. The number of aliphatic imine (C=N–C) groups is 1. The molecule has 2 amide bonds. The molecule has 2 aromatic carbocycles. The van der Waals surface area contributed by atoms with E-state index in [4.69, 9.17) is 10.00 Å². The number of halogens is 4. The number of alkyl halides is 3.